The molecule has 5 heteroatoms. The molecule has 1 N–H and O–H groups in total. The number of rotatable bonds is 5. The Morgan fingerprint density at radius 2 is 1.96 bits per heavy atom. The number of nitrogens with one attached hydrogen (secondary N) is 1. The first-order chi connectivity index (χ1) is 11.6. The van der Waals surface area contributed by atoms with Crippen molar-refractivity contribution in [3.63, 3.8) is 0 Å². The first kappa shape index (κ1) is 15.9. The highest BCUT2D eigenvalue weighted by atomic mass is 19.1. The summed E-state index contributed by atoms with van der Waals surface area (Å²) in [4.78, 5) is 16.5. The van der Waals surface area contributed by atoms with Gasteiger partial charge in [0.25, 0.3) is 0 Å². The predicted octanol–water partition coefficient (Wildman–Crippen LogP) is 4.09. The van der Waals surface area contributed by atoms with Crippen LogP contribution in [0, 0.1) is 12.7 Å². The van der Waals surface area contributed by atoms with Gasteiger partial charge >= 0.3 is 0 Å². The van der Waals surface area contributed by atoms with Gasteiger partial charge < -0.3 is 10.1 Å². The van der Waals surface area contributed by atoms with E-state index >= 15 is 0 Å². The van der Waals surface area contributed by atoms with Gasteiger partial charge in [-0.25, -0.2) is 4.39 Å². The van der Waals surface area contributed by atoms with Gasteiger partial charge in [0.15, 0.2) is 0 Å². The fraction of sp³-hybridized carbons (Fsp3) is 0.158. The number of carbonyl (C=O) groups is 1. The summed E-state index contributed by atoms with van der Waals surface area (Å²) < 4.78 is 18.2. The van der Waals surface area contributed by atoms with Crippen LogP contribution in [0.4, 0.5) is 10.1 Å². The van der Waals surface area contributed by atoms with E-state index in [4.69, 9.17) is 4.74 Å². The third-order valence-electron chi connectivity index (χ3n) is 3.66. The first-order valence-electron chi connectivity index (χ1n) is 7.66. The second kappa shape index (κ2) is 7.08. The molecule has 3 rings (SSSR count). The van der Waals surface area contributed by atoms with Crippen LogP contribution < -0.4 is 10.1 Å². The van der Waals surface area contributed by atoms with Crippen molar-refractivity contribution in [3.05, 3.63) is 66.1 Å². The van der Waals surface area contributed by atoms with E-state index in [0.29, 0.717) is 5.75 Å². The molecule has 122 valence electrons. The largest absolute Gasteiger partial charge is 0.493 e. The molecule has 1 aromatic heterocycles. The standard InChI is InChI=1S/C19H17FN2O2/c1-13-4-9-17(16-3-2-11-21-19(13)16)22-18(23)10-12-24-15-7-5-14(20)6-8-15/h2-9,11H,10,12H2,1H3,(H,22,23). The average Bonchev–Trinajstić information content (AvgIpc) is 2.59. The second-order valence-corrected chi connectivity index (χ2v) is 5.43. The highest BCUT2D eigenvalue weighted by Gasteiger charge is 2.08. The van der Waals surface area contributed by atoms with Gasteiger partial charge in [0.2, 0.25) is 5.91 Å². The summed E-state index contributed by atoms with van der Waals surface area (Å²) in [6, 6.07) is 13.3. The number of carbonyl (C=O) groups excluding carboxylic acids is 1. The molecular formula is C19H17FN2O2. The number of nitrogens with zero attached hydrogens (tertiary/aromatic N) is 1. The van der Waals surface area contributed by atoms with Gasteiger partial charge in [-0.3, -0.25) is 9.78 Å². The minimum atomic E-state index is -0.319. The van der Waals surface area contributed by atoms with E-state index in [9.17, 15) is 9.18 Å². The summed E-state index contributed by atoms with van der Waals surface area (Å²) in [7, 11) is 0. The molecular weight excluding hydrogens is 307 g/mol. The number of pyridine rings is 1. The summed E-state index contributed by atoms with van der Waals surface area (Å²) >= 11 is 0. The Bertz CT molecular complexity index is 863. The molecule has 4 nitrogen and oxygen atoms in total. The molecule has 2 aromatic carbocycles. The summed E-state index contributed by atoms with van der Waals surface area (Å²) in [5.74, 6) is 0.0697. The molecule has 0 aliphatic carbocycles. The fourth-order valence-electron chi connectivity index (χ4n) is 2.43. The average molecular weight is 324 g/mol. The van der Waals surface area contributed by atoms with E-state index in [1.165, 1.54) is 24.3 Å². The zero-order valence-corrected chi connectivity index (χ0v) is 13.3. The lowest BCUT2D eigenvalue weighted by Gasteiger charge is -2.10. The Morgan fingerprint density at radius 1 is 1.17 bits per heavy atom. The zero-order valence-electron chi connectivity index (χ0n) is 13.3. The highest BCUT2D eigenvalue weighted by Crippen LogP contribution is 2.24. The molecule has 3 aromatic rings. The Kier molecular flexibility index (Phi) is 4.70. The number of hydrogen-bond donors (Lipinski definition) is 1. The van der Waals surface area contributed by atoms with Gasteiger partial charge in [0, 0.05) is 11.6 Å². The maximum atomic E-state index is 12.8. The predicted molar refractivity (Wildman–Crippen MR) is 91.6 cm³/mol. The fourth-order valence-corrected chi connectivity index (χ4v) is 2.43. The van der Waals surface area contributed by atoms with Crippen molar-refractivity contribution in [2.24, 2.45) is 0 Å². The molecule has 0 aliphatic rings. The van der Waals surface area contributed by atoms with E-state index in [-0.39, 0.29) is 24.8 Å². The lowest BCUT2D eigenvalue weighted by Crippen LogP contribution is -2.15. The number of aryl methyl sites for hydroxylation is 1. The Labute approximate surface area is 139 Å². The minimum absolute atomic E-state index is 0.147. The molecule has 0 unspecified atom stereocenters. The monoisotopic (exact) mass is 324 g/mol. The lowest BCUT2D eigenvalue weighted by atomic mass is 10.1. The topological polar surface area (TPSA) is 51.2 Å². The van der Waals surface area contributed by atoms with Gasteiger partial charge in [-0.2, -0.15) is 0 Å². The normalized spacial score (nSPS) is 10.6. The molecule has 0 fully saturated rings. The van der Waals surface area contributed by atoms with Crippen LogP contribution in [-0.2, 0) is 4.79 Å². The van der Waals surface area contributed by atoms with Crippen molar-refractivity contribution in [1.29, 1.82) is 0 Å². The number of benzene rings is 2. The third kappa shape index (κ3) is 3.68. The maximum Gasteiger partial charge on any atom is 0.227 e. The molecule has 0 saturated heterocycles. The van der Waals surface area contributed by atoms with E-state index in [1.54, 1.807) is 6.20 Å². The van der Waals surface area contributed by atoms with Gasteiger partial charge in [0.05, 0.1) is 24.2 Å². The smallest absolute Gasteiger partial charge is 0.227 e. The molecule has 0 atom stereocenters. The van der Waals surface area contributed by atoms with Gasteiger partial charge in [-0.1, -0.05) is 6.07 Å². The van der Waals surface area contributed by atoms with Crippen LogP contribution in [0.5, 0.6) is 5.75 Å². The van der Waals surface area contributed by atoms with Crippen molar-refractivity contribution < 1.29 is 13.9 Å². The van der Waals surface area contributed by atoms with E-state index in [1.807, 2.05) is 31.2 Å². The Balaban J connectivity index is 1.61. The van der Waals surface area contributed by atoms with Crippen molar-refractivity contribution in [2.45, 2.75) is 13.3 Å². The molecule has 0 spiro atoms. The molecule has 24 heavy (non-hydrogen) atoms. The van der Waals surface area contributed by atoms with Crippen molar-refractivity contribution >= 4 is 22.5 Å². The molecule has 0 aliphatic heterocycles. The van der Waals surface area contributed by atoms with Crippen LogP contribution in [0.2, 0.25) is 0 Å². The summed E-state index contributed by atoms with van der Waals surface area (Å²) in [6.07, 6.45) is 1.93. The number of amides is 1. The van der Waals surface area contributed by atoms with Gasteiger partial charge in [-0.15, -0.1) is 0 Å². The van der Waals surface area contributed by atoms with Crippen LogP contribution in [-0.4, -0.2) is 17.5 Å². The first-order valence-corrected chi connectivity index (χ1v) is 7.66. The van der Waals surface area contributed by atoms with E-state index < -0.39 is 0 Å². The molecule has 1 heterocycles. The molecule has 0 saturated carbocycles. The van der Waals surface area contributed by atoms with Crippen LogP contribution in [0.3, 0.4) is 0 Å². The van der Waals surface area contributed by atoms with Crippen molar-refractivity contribution in [3.8, 4) is 5.75 Å². The zero-order chi connectivity index (χ0) is 16.9. The quantitative estimate of drug-likeness (QED) is 0.769. The molecule has 0 bridgehead atoms. The van der Waals surface area contributed by atoms with Crippen LogP contribution in [0.1, 0.15) is 12.0 Å². The summed E-state index contributed by atoms with van der Waals surface area (Å²) in [5, 5.41) is 3.80. The van der Waals surface area contributed by atoms with Gasteiger partial charge in [0.1, 0.15) is 11.6 Å². The SMILES string of the molecule is Cc1ccc(NC(=O)CCOc2ccc(F)cc2)c2cccnc12. The molecule has 0 radical (unpaired) electrons. The summed E-state index contributed by atoms with van der Waals surface area (Å²) in [6.45, 7) is 2.21. The van der Waals surface area contributed by atoms with E-state index in [2.05, 4.69) is 10.3 Å². The van der Waals surface area contributed by atoms with Crippen molar-refractivity contribution in [2.75, 3.05) is 11.9 Å². The second-order valence-electron chi connectivity index (χ2n) is 5.43. The Morgan fingerprint density at radius 3 is 2.75 bits per heavy atom. The number of hydrogen-bond acceptors (Lipinski definition) is 3. The summed E-state index contributed by atoms with van der Waals surface area (Å²) in [5.41, 5.74) is 2.66. The highest BCUT2D eigenvalue weighted by molar-refractivity contribution is 6.01. The number of fused-ring (bicyclic) bond motifs is 1. The van der Waals surface area contributed by atoms with Crippen LogP contribution >= 0.6 is 0 Å². The Hall–Kier alpha value is -2.95. The number of ether oxygens (including phenoxy) is 1. The number of aromatic nitrogens is 1. The van der Waals surface area contributed by atoms with Crippen LogP contribution in [0.25, 0.3) is 10.9 Å². The van der Waals surface area contributed by atoms with E-state index in [0.717, 1.165) is 22.2 Å². The molecule has 1 amide bonds. The van der Waals surface area contributed by atoms with Crippen LogP contribution in [0.15, 0.2) is 54.7 Å². The minimum Gasteiger partial charge on any atom is -0.493 e. The number of anilines is 1. The van der Waals surface area contributed by atoms with Gasteiger partial charge in [-0.05, 0) is 55.0 Å². The third-order valence-corrected chi connectivity index (χ3v) is 3.66. The van der Waals surface area contributed by atoms with Crippen molar-refractivity contribution in [1.82, 2.24) is 4.98 Å². The number of halogens is 1. The lowest BCUT2D eigenvalue weighted by molar-refractivity contribution is -0.116. The maximum absolute atomic E-state index is 12.8.